The molecule has 70 valence electrons. The molecule has 1 heterocycles. The first-order chi connectivity index (χ1) is 6.03. The van der Waals surface area contributed by atoms with E-state index in [2.05, 4.69) is 15.8 Å². The summed E-state index contributed by atoms with van der Waals surface area (Å²) in [7, 11) is 0. The summed E-state index contributed by atoms with van der Waals surface area (Å²) in [6.07, 6.45) is 1.82. The van der Waals surface area contributed by atoms with Gasteiger partial charge in [0.2, 0.25) is 0 Å². The summed E-state index contributed by atoms with van der Waals surface area (Å²) in [6, 6.07) is 4.06. The molecule has 13 heavy (non-hydrogen) atoms. The Bertz CT molecular complexity index is 285. The van der Waals surface area contributed by atoms with Crippen molar-refractivity contribution in [3.8, 4) is 11.3 Å². The molecule has 0 unspecified atom stereocenters. The second-order valence-corrected chi connectivity index (χ2v) is 3.76. The van der Waals surface area contributed by atoms with Gasteiger partial charge in [0.15, 0.2) is 0 Å². The predicted octanol–water partition coefficient (Wildman–Crippen LogP) is 2.02. The van der Waals surface area contributed by atoms with Crippen LogP contribution in [-0.2, 0) is 9.53 Å². The quantitative estimate of drug-likeness (QED) is 0.629. The van der Waals surface area contributed by atoms with E-state index in [4.69, 9.17) is 0 Å². The van der Waals surface area contributed by atoms with Crippen LogP contribution < -0.4 is 0 Å². The van der Waals surface area contributed by atoms with E-state index >= 15 is 0 Å². The fourth-order valence-corrected chi connectivity index (χ4v) is 0.699. The zero-order valence-electron chi connectivity index (χ0n) is 8.07. The highest BCUT2D eigenvalue weighted by Gasteiger charge is 2.09. The number of rotatable bonds is 1. The van der Waals surface area contributed by atoms with E-state index in [0.717, 1.165) is 0 Å². The molecule has 0 bridgehead atoms. The number of aromatic nitrogens is 1. The van der Waals surface area contributed by atoms with Crippen LogP contribution in [0.2, 0.25) is 0 Å². The van der Waals surface area contributed by atoms with Gasteiger partial charge in [0, 0.05) is 11.8 Å². The van der Waals surface area contributed by atoms with Crippen molar-refractivity contribution in [3.63, 3.8) is 0 Å². The molecule has 2 aliphatic rings. The van der Waals surface area contributed by atoms with Crippen LogP contribution in [0.4, 0.5) is 0 Å². The van der Waals surface area contributed by atoms with Crippen molar-refractivity contribution >= 4 is 6.47 Å². The fourth-order valence-electron chi connectivity index (χ4n) is 0.699. The van der Waals surface area contributed by atoms with Gasteiger partial charge in [-0.1, -0.05) is 0 Å². The Kier molecular flexibility index (Phi) is 2.66. The number of nitrogens with zero attached hydrogens (tertiary/aromatic N) is 1. The van der Waals surface area contributed by atoms with E-state index in [1.54, 1.807) is 0 Å². The largest absolute Gasteiger partial charge is 0.462 e. The topological polar surface area (TPSA) is 39.2 Å². The first kappa shape index (κ1) is 9.71. The molecular weight excluding hydrogens is 166 g/mol. The Morgan fingerprint density at radius 1 is 1.46 bits per heavy atom. The molecule has 3 heteroatoms. The van der Waals surface area contributed by atoms with Gasteiger partial charge >= 0.3 is 0 Å². The van der Waals surface area contributed by atoms with Crippen molar-refractivity contribution in [3.05, 3.63) is 18.3 Å². The van der Waals surface area contributed by atoms with E-state index in [1.165, 1.54) is 11.3 Å². The van der Waals surface area contributed by atoms with E-state index in [0.29, 0.717) is 6.47 Å². The standard InChI is InChI=1S/C5H3N.C5H10O2/c1-2-6-5-3-4(1)5;1-5(2,3)7-4-6/h1-3H;4H,1-3H3. The average Bonchev–Trinajstić information content (AvgIpc) is 2.58. The molecule has 0 saturated carbocycles. The number of pyridine rings is 1. The minimum atomic E-state index is -0.318. The summed E-state index contributed by atoms with van der Waals surface area (Å²) in [6.45, 7) is 5.92. The summed E-state index contributed by atoms with van der Waals surface area (Å²) in [5.74, 6) is 0. The van der Waals surface area contributed by atoms with Gasteiger partial charge in [0.25, 0.3) is 6.47 Å². The van der Waals surface area contributed by atoms with Gasteiger partial charge in [-0.25, -0.2) is 0 Å². The maximum atomic E-state index is 9.60. The van der Waals surface area contributed by atoms with Gasteiger partial charge in [-0.2, -0.15) is 0 Å². The summed E-state index contributed by atoms with van der Waals surface area (Å²) >= 11 is 0. The van der Waals surface area contributed by atoms with Crippen molar-refractivity contribution in [1.29, 1.82) is 0 Å². The summed E-state index contributed by atoms with van der Waals surface area (Å²) < 4.78 is 4.55. The second kappa shape index (κ2) is 3.56. The highest BCUT2D eigenvalue weighted by molar-refractivity contribution is 5.75. The van der Waals surface area contributed by atoms with Crippen LogP contribution in [0, 0.1) is 0 Å². The van der Waals surface area contributed by atoms with Crippen LogP contribution in [-0.4, -0.2) is 17.1 Å². The monoisotopic (exact) mass is 179 g/mol. The third-order valence-electron chi connectivity index (χ3n) is 1.37. The van der Waals surface area contributed by atoms with Gasteiger partial charge in [0.05, 0.1) is 5.69 Å². The molecule has 2 rings (SSSR count). The fraction of sp³-hybridized carbons (Fsp3) is 0.400. The zero-order valence-corrected chi connectivity index (χ0v) is 8.07. The van der Waals surface area contributed by atoms with Crippen LogP contribution in [0.15, 0.2) is 18.3 Å². The molecule has 0 aromatic heterocycles. The Labute approximate surface area is 77.8 Å². The summed E-state index contributed by atoms with van der Waals surface area (Å²) in [5.41, 5.74) is 2.17. The molecule has 0 aromatic carbocycles. The first-order valence-electron chi connectivity index (χ1n) is 4.11. The maximum absolute atomic E-state index is 9.60. The van der Waals surface area contributed by atoms with Crippen molar-refractivity contribution in [2.45, 2.75) is 26.4 Å². The minimum absolute atomic E-state index is 0.318. The van der Waals surface area contributed by atoms with Crippen LogP contribution >= 0.6 is 0 Å². The van der Waals surface area contributed by atoms with Gasteiger partial charge in [-0.05, 0) is 32.9 Å². The zero-order chi connectivity index (χ0) is 9.90. The van der Waals surface area contributed by atoms with Gasteiger partial charge < -0.3 is 4.74 Å². The molecule has 0 radical (unpaired) electrons. The van der Waals surface area contributed by atoms with E-state index in [1.807, 2.05) is 33.0 Å². The lowest BCUT2D eigenvalue weighted by molar-refractivity contribution is -0.138. The molecule has 0 N–H and O–H groups in total. The lowest BCUT2D eigenvalue weighted by Crippen LogP contribution is -2.17. The Morgan fingerprint density at radius 3 is 2.23 bits per heavy atom. The van der Waals surface area contributed by atoms with Gasteiger partial charge in [0.1, 0.15) is 5.60 Å². The molecule has 1 aliphatic carbocycles. The van der Waals surface area contributed by atoms with Crippen LogP contribution in [0.5, 0.6) is 0 Å². The molecule has 0 atom stereocenters. The molecule has 1 aliphatic heterocycles. The molecular formula is C10H13NO2. The molecule has 0 saturated heterocycles. The van der Waals surface area contributed by atoms with Gasteiger partial charge in [-0.15, -0.1) is 0 Å². The maximum Gasteiger partial charge on any atom is 0.293 e. The number of fused-ring (bicyclic) bond motifs is 1. The average molecular weight is 179 g/mol. The number of carbonyl (C=O) groups is 1. The molecule has 3 nitrogen and oxygen atoms in total. The third kappa shape index (κ3) is 3.69. The smallest absolute Gasteiger partial charge is 0.293 e. The summed E-state index contributed by atoms with van der Waals surface area (Å²) in [5, 5.41) is 0. The Hall–Kier alpha value is -1.38. The number of hydrogen-bond acceptors (Lipinski definition) is 3. The van der Waals surface area contributed by atoms with Crippen molar-refractivity contribution in [2.24, 2.45) is 0 Å². The van der Waals surface area contributed by atoms with Crippen LogP contribution in [0.25, 0.3) is 11.3 Å². The third-order valence-corrected chi connectivity index (χ3v) is 1.37. The normalized spacial score (nSPS) is 11.0. The highest BCUT2D eigenvalue weighted by atomic mass is 16.5. The summed E-state index contributed by atoms with van der Waals surface area (Å²) in [4.78, 5) is 13.6. The second-order valence-electron chi connectivity index (χ2n) is 3.76. The van der Waals surface area contributed by atoms with E-state index in [-0.39, 0.29) is 5.60 Å². The van der Waals surface area contributed by atoms with Crippen molar-refractivity contribution < 1.29 is 9.53 Å². The first-order valence-corrected chi connectivity index (χ1v) is 4.11. The lowest BCUT2D eigenvalue weighted by atomic mass is 10.2. The van der Waals surface area contributed by atoms with Gasteiger partial charge in [-0.3, -0.25) is 9.78 Å². The number of ether oxygens (including phenoxy) is 1. The van der Waals surface area contributed by atoms with Crippen LogP contribution in [0.3, 0.4) is 0 Å². The number of carbonyl (C=O) groups excluding carboxylic acids is 1. The molecule has 0 aromatic rings. The highest BCUT2D eigenvalue weighted by Crippen LogP contribution is 2.29. The van der Waals surface area contributed by atoms with E-state index < -0.39 is 0 Å². The molecule has 0 fully saturated rings. The minimum Gasteiger partial charge on any atom is -0.462 e. The molecule has 0 spiro atoms. The lowest BCUT2D eigenvalue weighted by Gasteiger charge is -2.14. The SMILES string of the molecule is CC(C)(C)OC=O.c1cc2cc-2n1. The van der Waals surface area contributed by atoms with Crippen molar-refractivity contribution in [2.75, 3.05) is 0 Å². The van der Waals surface area contributed by atoms with Crippen LogP contribution in [0.1, 0.15) is 20.8 Å². The molecule has 0 amide bonds. The predicted molar refractivity (Wildman–Crippen MR) is 50.1 cm³/mol. The Balaban J connectivity index is 0.000000130. The number of hydrogen-bond donors (Lipinski definition) is 0. The van der Waals surface area contributed by atoms with Crippen molar-refractivity contribution in [1.82, 2.24) is 4.98 Å². The van der Waals surface area contributed by atoms with E-state index in [9.17, 15) is 4.79 Å². The Morgan fingerprint density at radius 2 is 2.15 bits per heavy atom.